The summed E-state index contributed by atoms with van der Waals surface area (Å²) in [5.41, 5.74) is 1.02. The van der Waals surface area contributed by atoms with Gasteiger partial charge in [-0.25, -0.2) is 0 Å². The van der Waals surface area contributed by atoms with Gasteiger partial charge in [0, 0.05) is 0 Å². The molecule has 0 atom stereocenters. The maximum absolute atomic E-state index is 12.2. The summed E-state index contributed by atoms with van der Waals surface area (Å²) < 4.78 is 26.9. The predicted octanol–water partition coefficient (Wildman–Crippen LogP) is 2.64. The van der Waals surface area contributed by atoms with Crippen molar-refractivity contribution in [2.24, 2.45) is 0 Å². The van der Waals surface area contributed by atoms with Crippen LogP contribution < -0.4 is 0 Å². The van der Waals surface area contributed by atoms with E-state index in [0.29, 0.717) is 3.70 Å². The van der Waals surface area contributed by atoms with E-state index in [0.717, 1.165) is 13.2 Å². The van der Waals surface area contributed by atoms with Gasteiger partial charge in [-0.1, -0.05) is 17.7 Å². The molecule has 0 fully saturated rings. The topological polar surface area (TPSA) is 52.0 Å². The quantitative estimate of drug-likeness (QED) is 0.630. The SMILES string of the molecule is Cc1ccc(S(=O)(=O)n2cc(I)c(I)n2)cc1. The van der Waals surface area contributed by atoms with Crippen molar-refractivity contribution in [3.63, 3.8) is 0 Å². The van der Waals surface area contributed by atoms with Crippen molar-refractivity contribution in [1.82, 2.24) is 9.19 Å². The zero-order chi connectivity index (χ0) is 12.6. The van der Waals surface area contributed by atoms with Gasteiger partial charge >= 0.3 is 0 Å². The number of nitrogens with zero attached hydrogens (tertiary/aromatic N) is 2. The van der Waals surface area contributed by atoms with E-state index in [1.54, 1.807) is 24.3 Å². The molecule has 0 bridgehead atoms. The Kier molecular flexibility index (Phi) is 3.78. The van der Waals surface area contributed by atoms with E-state index in [2.05, 4.69) is 27.7 Å². The van der Waals surface area contributed by atoms with Gasteiger partial charge in [0.2, 0.25) is 0 Å². The summed E-state index contributed by atoms with van der Waals surface area (Å²) >= 11 is 4.06. The molecule has 0 saturated carbocycles. The summed E-state index contributed by atoms with van der Waals surface area (Å²) in [6, 6.07) is 6.72. The van der Waals surface area contributed by atoms with Gasteiger partial charge in [-0.15, -0.1) is 0 Å². The molecule has 2 rings (SSSR count). The minimum atomic E-state index is -3.56. The lowest BCUT2D eigenvalue weighted by Crippen LogP contribution is -2.13. The highest BCUT2D eigenvalue weighted by Gasteiger charge is 2.19. The summed E-state index contributed by atoms with van der Waals surface area (Å²) in [5, 5.41) is 3.99. The lowest BCUT2D eigenvalue weighted by molar-refractivity contribution is 0.579. The molecule has 1 aromatic heterocycles. The molecule has 2 aromatic rings. The molecule has 0 radical (unpaired) electrons. The summed E-state index contributed by atoms with van der Waals surface area (Å²) in [4.78, 5) is 0.249. The summed E-state index contributed by atoms with van der Waals surface area (Å²) in [6.07, 6.45) is 1.51. The van der Waals surface area contributed by atoms with Crippen LogP contribution in [-0.2, 0) is 10.0 Å². The van der Waals surface area contributed by atoms with Crippen molar-refractivity contribution in [1.29, 1.82) is 0 Å². The van der Waals surface area contributed by atoms with Crippen molar-refractivity contribution < 1.29 is 8.42 Å². The molecule has 0 saturated heterocycles. The number of halogens is 2. The van der Waals surface area contributed by atoms with Gasteiger partial charge in [0.25, 0.3) is 10.0 Å². The third-order valence-electron chi connectivity index (χ3n) is 2.17. The molecule has 0 aliphatic heterocycles. The first kappa shape index (κ1) is 13.3. The minimum Gasteiger partial charge on any atom is -0.199 e. The first-order valence-corrected chi connectivity index (χ1v) is 8.24. The Bertz CT molecular complexity index is 628. The molecule has 17 heavy (non-hydrogen) atoms. The van der Waals surface area contributed by atoms with Crippen molar-refractivity contribution in [3.8, 4) is 0 Å². The number of hydrogen-bond donors (Lipinski definition) is 0. The molecule has 0 amide bonds. The van der Waals surface area contributed by atoms with Crippen molar-refractivity contribution in [2.45, 2.75) is 11.8 Å². The Morgan fingerprint density at radius 1 is 1.18 bits per heavy atom. The van der Waals surface area contributed by atoms with Gasteiger partial charge in [-0.05, 0) is 64.2 Å². The van der Waals surface area contributed by atoms with Gasteiger partial charge in [0.15, 0.2) is 0 Å². The molecule has 0 aliphatic carbocycles. The highest BCUT2D eigenvalue weighted by Crippen LogP contribution is 2.18. The van der Waals surface area contributed by atoms with E-state index in [1.165, 1.54) is 6.20 Å². The molecule has 1 heterocycles. The second-order valence-corrected chi connectivity index (χ2v) is 7.44. The molecule has 1 aromatic carbocycles. The fourth-order valence-electron chi connectivity index (χ4n) is 1.25. The first-order chi connectivity index (χ1) is 7.91. The number of hydrogen-bond acceptors (Lipinski definition) is 3. The van der Waals surface area contributed by atoms with Crippen LogP contribution in [0.3, 0.4) is 0 Å². The third-order valence-corrected chi connectivity index (χ3v) is 6.34. The summed E-state index contributed by atoms with van der Waals surface area (Å²) in [5.74, 6) is 0. The molecule has 90 valence electrons. The normalized spacial score (nSPS) is 11.7. The Morgan fingerprint density at radius 2 is 1.76 bits per heavy atom. The first-order valence-electron chi connectivity index (χ1n) is 4.64. The van der Waals surface area contributed by atoms with Crippen molar-refractivity contribution in [2.75, 3.05) is 0 Å². The van der Waals surface area contributed by atoms with Crippen LogP contribution in [0.4, 0.5) is 0 Å². The second-order valence-electron chi connectivity index (χ2n) is 3.46. The molecule has 7 heteroatoms. The van der Waals surface area contributed by atoms with Crippen LogP contribution in [-0.4, -0.2) is 17.6 Å². The highest BCUT2D eigenvalue weighted by atomic mass is 127. The maximum Gasteiger partial charge on any atom is 0.283 e. The van der Waals surface area contributed by atoms with Crippen LogP contribution >= 0.6 is 45.2 Å². The third kappa shape index (κ3) is 2.65. The fourth-order valence-corrected chi connectivity index (χ4v) is 3.46. The number of aromatic nitrogens is 2. The van der Waals surface area contributed by atoms with Gasteiger partial charge in [0.1, 0.15) is 3.70 Å². The molecular formula is C10H8I2N2O2S. The molecular weight excluding hydrogens is 466 g/mol. The largest absolute Gasteiger partial charge is 0.283 e. The van der Waals surface area contributed by atoms with E-state index in [9.17, 15) is 8.42 Å². The van der Waals surface area contributed by atoms with Crippen LogP contribution in [0.2, 0.25) is 0 Å². The standard InChI is InChI=1S/C10H8I2N2O2S/c1-7-2-4-8(5-3-7)17(15,16)14-6-9(11)10(12)13-14/h2-6H,1H3. The Labute approximate surface area is 127 Å². The van der Waals surface area contributed by atoms with Crippen LogP contribution in [0.5, 0.6) is 0 Å². The van der Waals surface area contributed by atoms with Crippen LogP contribution in [0.15, 0.2) is 35.4 Å². The smallest absolute Gasteiger partial charge is 0.199 e. The van der Waals surface area contributed by atoms with Gasteiger partial charge in [0.05, 0.1) is 14.7 Å². The van der Waals surface area contributed by atoms with Gasteiger partial charge in [-0.3, -0.25) is 0 Å². The lowest BCUT2D eigenvalue weighted by atomic mass is 10.2. The van der Waals surface area contributed by atoms with E-state index in [-0.39, 0.29) is 4.90 Å². The van der Waals surface area contributed by atoms with Gasteiger partial charge < -0.3 is 0 Å². The van der Waals surface area contributed by atoms with E-state index in [1.807, 2.05) is 29.5 Å². The number of aryl methyl sites for hydroxylation is 1. The van der Waals surface area contributed by atoms with Crippen LogP contribution in [0.25, 0.3) is 0 Å². The predicted molar refractivity (Wildman–Crippen MR) is 81.4 cm³/mol. The summed E-state index contributed by atoms with van der Waals surface area (Å²) in [6.45, 7) is 1.91. The molecule has 0 aliphatic rings. The van der Waals surface area contributed by atoms with E-state index < -0.39 is 10.0 Å². The zero-order valence-corrected chi connectivity index (χ0v) is 13.9. The van der Waals surface area contributed by atoms with Crippen molar-refractivity contribution >= 4 is 55.2 Å². The zero-order valence-electron chi connectivity index (χ0n) is 8.76. The van der Waals surface area contributed by atoms with Crippen molar-refractivity contribution in [3.05, 3.63) is 43.3 Å². The minimum absolute atomic E-state index is 0.249. The van der Waals surface area contributed by atoms with E-state index >= 15 is 0 Å². The molecule has 0 spiro atoms. The Balaban J connectivity index is 2.53. The fraction of sp³-hybridized carbons (Fsp3) is 0.100. The number of rotatable bonds is 2. The monoisotopic (exact) mass is 474 g/mol. The van der Waals surface area contributed by atoms with Crippen LogP contribution in [0.1, 0.15) is 5.56 Å². The molecule has 0 unspecified atom stereocenters. The molecule has 4 nitrogen and oxygen atoms in total. The average molecular weight is 474 g/mol. The maximum atomic E-state index is 12.2. The van der Waals surface area contributed by atoms with Crippen LogP contribution in [0, 0.1) is 14.2 Å². The second kappa shape index (κ2) is 4.84. The van der Waals surface area contributed by atoms with E-state index in [4.69, 9.17) is 0 Å². The van der Waals surface area contributed by atoms with Gasteiger partial charge in [-0.2, -0.15) is 17.6 Å². The Hall–Kier alpha value is -0.160. The Morgan fingerprint density at radius 3 is 2.24 bits per heavy atom. The highest BCUT2D eigenvalue weighted by molar-refractivity contribution is 14.1. The lowest BCUT2D eigenvalue weighted by Gasteiger charge is -2.03. The summed E-state index contributed by atoms with van der Waals surface area (Å²) in [7, 11) is -3.56. The average Bonchev–Trinajstić information content (AvgIpc) is 2.60. The molecule has 0 N–H and O–H groups in total. The number of benzene rings is 1.